The number of hydrogen-bond donors (Lipinski definition) is 2. The molecule has 3 atom stereocenters. The highest BCUT2D eigenvalue weighted by molar-refractivity contribution is 6.35. The third-order valence-electron chi connectivity index (χ3n) is 3.74. The molecule has 5 heteroatoms. The van der Waals surface area contributed by atoms with Crippen molar-refractivity contribution in [3.05, 3.63) is 41.0 Å². The SMILES string of the molecule is CC(C(=O)O)C(C)C(O)c1ccc(Cl)c2cccnc12. The summed E-state index contributed by atoms with van der Waals surface area (Å²) in [4.78, 5) is 15.3. The molecular weight excluding hydrogens is 278 g/mol. The zero-order valence-corrected chi connectivity index (χ0v) is 12.0. The molecule has 1 aromatic carbocycles. The van der Waals surface area contributed by atoms with E-state index in [2.05, 4.69) is 4.98 Å². The van der Waals surface area contributed by atoms with Gasteiger partial charge in [-0.25, -0.2) is 0 Å². The molecule has 0 radical (unpaired) electrons. The lowest BCUT2D eigenvalue weighted by molar-refractivity contribution is -0.144. The quantitative estimate of drug-likeness (QED) is 0.907. The van der Waals surface area contributed by atoms with Crippen LogP contribution in [0, 0.1) is 11.8 Å². The van der Waals surface area contributed by atoms with Gasteiger partial charge in [-0.1, -0.05) is 31.5 Å². The van der Waals surface area contributed by atoms with E-state index in [1.54, 1.807) is 38.2 Å². The van der Waals surface area contributed by atoms with Crippen molar-refractivity contribution in [2.75, 3.05) is 0 Å². The van der Waals surface area contributed by atoms with Crippen LogP contribution in [-0.2, 0) is 4.79 Å². The van der Waals surface area contributed by atoms with Crippen molar-refractivity contribution in [2.45, 2.75) is 20.0 Å². The van der Waals surface area contributed by atoms with Crippen LogP contribution in [0.2, 0.25) is 5.02 Å². The molecule has 20 heavy (non-hydrogen) atoms. The molecular formula is C15H16ClNO3. The summed E-state index contributed by atoms with van der Waals surface area (Å²) in [5, 5.41) is 20.8. The fraction of sp³-hybridized carbons (Fsp3) is 0.333. The molecule has 106 valence electrons. The molecule has 0 aliphatic rings. The summed E-state index contributed by atoms with van der Waals surface area (Å²) < 4.78 is 0. The molecule has 1 aromatic heterocycles. The van der Waals surface area contributed by atoms with E-state index in [0.717, 1.165) is 5.39 Å². The van der Waals surface area contributed by atoms with E-state index in [1.165, 1.54) is 0 Å². The lowest BCUT2D eigenvalue weighted by atomic mass is 9.86. The number of aliphatic hydroxyl groups is 1. The predicted molar refractivity (Wildman–Crippen MR) is 77.7 cm³/mol. The van der Waals surface area contributed by atoms with Gasteiger partial charge in [-0.15, -0.1) is 0 Å². The van der Waals surface area contributed by atoms with Crippen molar-refractivity contribution in [1.29, 1.82) is 0 Å². The number of benzene rings is 1. The molecule has 2 N–H and O–H groups in total. The van der Waals surface area contributed by atoms with E-state index in [4.69, 9.17) is 16.7 Å². The summed E-state index contributed by atoms with van der Waals surface area (Å²) in [5.74, 6) is -2.01. The summed E-state index contributed by atoms with van der Waals surface area (Å²) in [6.45, 7) is 3.30. The molecule has 0 saturated heterocycles. The Bertz CT molecular complexity index is 644. The lowest BCUT2D eigenvalue weighted by Crippen LogP contribution is -2.24. The molecule has 0 bridgehead atoms. The van der Waals surface area contributed by atoms with E-state index < -0.39 is 23.9 Å². The van der Waals surface area contributed by atoms with Gasteiger partial charge in [0.2, 0.25) is 0 Å². The zero-order chi connectivity index (χ0) is 14.9. The summed E-state index contributed by atoms with van der Waals surface area (Å²) in [6.07, 6.45) is 0.718. The third kappa shape index (κ3) is 2.62. The van der Waals surface area contributed by atoms with Gasteiger partial charge in [-0.05, 0) is 24.1 Å². The number of rotatable bonds is 4. The van der Waals surface area contributed by atoms with Gasteiger partial charge in [-0.3, -0.25) is 9.78 Å². The molecule has 1 heterocycles. The third-order valence-corrected chi connectivity index (χ3v) is 4.07. The van der Waals surface area contributed by atoms with E-state index >= 15 is 0 Å². The van der Waals surface area contributed by atoms with Crippen LogP contribution in [0.5, 0.6) is 0 Å². The summed E-state index contributed by atoms with van der Waals surface area (Å²) in [6, 6.07) is 7.00. The lowest BCUT2D eigenvalue weighted by Gasteiger charge is -2.23. The number of aromatic nitrogens is 1. The molecule has 4 nitrogen and oxygen atoms in total. The monoisotopic (exact) mass is 293 g/mol. The van der Waals surface area contributed by atoms with Crippen LogP contribution in [0.1, 0.15) is 25.5 Å². The first-order valence-corrected chi connectivity index (χ1v) is 6.75. The molecule has 0 aliphatic carbocycles. The first-order valence-electron chi connectivity index (χ1n) is 6.37. The van der Waals surface area contributed by atoms with Crippen molar-refractivity contribution in [3.8, 4) is 0 Å². The Morgan fingerprint density at radius 3 is 2.65 bits per heavy atom. The fourth-order valence-corrected chi connectivity index (χ4v) is 2.40. The second-order valence-electron chi connectivity index (χ2n) is 4.97. The number of halogens is 1. The fourth-order valence-electron chi connectivity index (χ4n) is 2.18. The number of nitrogens with zero attached hydrogens (tertiary/aromatic N) is 1. The summed E-state index contributed by atoms with van der Waals surface area (Å²) in [7, 11) is 0. The predicted octanol–water partition coefficient (Wildman–Crippen LogP) is 3.28. The largest absolute Gasteiger partial charge is 0.481 e. The second kappa shape index (κ2) is 5.77. The minimum absolute atomic E-state index is 0.432. The Hall–Kier alpha value is -1.65. The number of carbonyl (C=O) groups is 1. The Morgan fingerprint density at radius 1 is 1.30 bits per heavy atom. The van der Waals surface area contributed by atoms with Crippen LogP contribution in [0.3, 0.4) is 0 Å². The van der Waals surface area contributed by atoms with E-state index in [1.807, 2.05) is 6.07 Å². The highest BCUT2D eigenvalue weighted by Gasteiger charge is 2.28. The molecule has 0 fully saturated rings. The highest BCUT2D eigenvalue weighted by atomic mass is 35.5. The van der Waals surface area contributed by atoms with Gasteiger partial charge in [0.25, 0.3) is 0 Å². The Balaban J connectivity index is 2.48. The van der Waals surface area contributed by atoms with Gasteiger partial charge in [-0.2, -0.15) is 0 Å². The molecule has 3 unspecified atom stereocenters. The average Bonchev–Trinajstić information content (AvgIpc) is 2.45. The van der Waals surface area contributed by atoms with Gasteiger partial charge in [0, 0.05) is 22.2 Å². The minimum atomic E-state index is -0.928. The van der Waals surface area contributed by atoms with Gasteiger partial charge in [0.15, 0.2) is 0 Å². The smallest absolute Gasteiger partial charge is 0.306 e. The van der Waals surface area contributed by atoms with E-state index in [-0.39, 0.29) is 0 Å². The second-order valence-corrected chi connectivity index (χ2v) is 5.37. The number of aliphatic carboxylic acids is 1. The molecule has 0 spiro atoms. The number of carboxylic acid groups (broad SMARTS) is 1. The first-order chi connectivity index (χ1) is 9.43. The number of carboxylic acids is 1. The number of hydrogen-bond acceptors (Lipinski definition) is 3. The van der Waals surface area contributed by atoms with Gasteiger partial charge in [0.05, 0.1) is 17.5 Å². The molecule has 0 aliphatic heterocycles. The van der Waals surface area contributed by atoms with Crippen molar-refractivity contribution in [2.24, 2.45) is 11.8 Å². The number of pyridine rings is 1. The maximum Gasteiger partial charge on any atom is 0.306 e. The molecule has 2 rings (SSSR count). The summed E-state index contributed by atoms with van der Waals surface area (Å²) in [5.41, 5.74) is 1.21. The first kappa shape index (κ1) is 14.8. The Labute approximate surface area is 122 Å². The van der Waals surface area contributed by atoms with Gasteiger partial charge < -0.3 is 10.2 Å². The minimum Gasteiger partial charge on any atom is -0.481 e. The van der Waals surface area contributed by atoms with Gasteiger partial charge in [0.1, 0.15) is 0 Å². The van der Waals surface area contributed by atoms with Gasteiger partial charge >= 0.3 is 5.97 Å². The van der Waals surface area contributed by atoms with E-state index in [9.17, 15) is 9.90 Å². The summed E-state index contributed by atoms with van der Waals surface area (Å²) >= 11 is 6.11. The topological polar surface area (TPSA) is 70.4 Å². The van der Waals surface area contributed by atoms with E-state index in [0.29, 0.717) is 16.1 Å². The standard InChI is InChI=1S/C15H16ClNO3/c1-8(9(2)15(19)20)14(18)11-5-6-12(16)10-4-3-7-17-13(10)11/h3-9,14,18H,1-2H3,(H,19,20). The van der Waals surface area contributed by atoms with Crippen LogP contribution in [0.15, 0.2) is 30.5 Å². The average molecular weight is 294 g/mol. The van der Waals surface area contributed by atoms with Crippen molar-refractivity contribution in [1.82, 2.24) is 4.98 Å². The van der Waals surface area contributed by atoms with Crippen LogP contribution >= 0.6 is 11.6 Å². The van der Waals surface area contributed by atoms with Crippen molar-refractivity contribution < 1.29 is 15.0 Å². The maximum absolute atomic E-state index is 11.0. The zero-order valence-electron chi connectivity index (χ0n) is 11.2. The van der Waals surface area contributed by atoms with Crippen LogP contribution in [0.4, 0.5) is 0 Å². The number of aliphatic hydroxyl groups excluding tert-OH is 1. The maximum atomic E-state index is 11.0. The molecule has 2 aromatic rings. The van der Waals surface area contributed by atoms with Crippen LogP contribution in [0.25, 0.3) is 10.9 Å². The Kier molecular flexibility index (Phi) is 4.26. The van der Waals surface area contributed by atoms with Crippen molar-refractivity contribution >= 4 is 28.5 Å². The van der Waals surface area contributed by atoms with Crippen LogP contribution in [-0.4, -0.2) is 21.2 Å². The highest BCUT2D eigenvalue weighted by Crippen LogP contribution is 2.34. The Morgan fingerprint density at radius 2 is 2.00 bits per heavy atom. The molecule has 0 amide bonds. The van der Waals surface area contributed by atoms with Crippen molar-refractivity contribution in [3.63, 3.8) is 0 Å². The normalized spacial score (nSPS) is 15.8. The van der Waals surface area contributed by atoms with Crippen LogP contribution < -0.4 is 0 Å². The number of fused-ring (bicyclic) bond motifs is 1. The molecule has 0 saturated carbocycles.